The third-order valence-corrected chi connectivity index (χ3v) is 8.74. The van der Waals surface area contributed by atoms with Crippen molar-refractivity contribution in [3.8, 4) is 5.75 Å². The molecule has 1 aliphatic carbocycles. The Labute approximate surface area is 235 Å². The molecule has 3 heterocycles. The van der Waals surface area contributed by atoms with Crippen LogP contribution in [-0.2, 0) is 11.4 Å². The number of ether oxygens (including phenoxy) is 1. The van der Waals surface area contributed by atoms with Gasteiger partial charge in [-0.2, -0.15) is 5.10 Å². The van der Waals surface area contributed by atoms with Crippen LogP contribution >= 0.6 is 11.3 Å². The number of aryl methyl sites for hydroxylation is 1. The lowest BCUT2D eigenvalue weighted by Crippen LogP contribution is -2.41. The van der Waals surface area contributed by atoms with Gasteiger partial charge in [-0.25, -0.2) is 5.10 Å². The molecule has 2 aromatic heterocycles. The zero-order valence-electron chi connectivity index (χ0n) is 22.3. The summed E-state index contributed by atoms with van der Waals surface area (Å²) in [6.45, 7) is 3.20. The zero-order chi connectivity index (χ0) is 27.6. The summed E-state index contributed by atoms with van der Waals surface area (Å²) in [6, 6.07) is 16.7. The second-order valence-electron chi connectivity index (χ2n) is 10.6. The van der Waals surface area contributed by atoms with Crippen molar-refractivity contribution in [2.45, 2.75) is 51.2 Å². The Hall–Kier alpha value is -4.05. The molecule has 2 fully saturated rings. The summed E-state index contributed by atoms with van der Waals surface area (Å²) in [7, 11) is 0. The lowest BCUT2D eigenvalue weighted by molar-refractivity contribution is -0.134. The predicted molar refractivity (Wildman–Crippen MR) is 153 cm³/mol. The van der Waals surface area contributed by atoms with E-state index in [9.17, 15) is 14.4 Å². The quantitative estimate of drug-likeness (QED) is 0.352. The van der Waals surface area contributed by atoms with Crippen molar-refractivity contribution in [1.29, 1.82) is 0 Å². The zero-order valence-corrected chi connectivity index (χ0v) is 23.1. The number of aromatic nitrogens is 3. The van der Waals surface area contributed by atoms with Crippen molar-refractivity contribution < 1.29 is 14.3 Å². The van der Waals surface area contributed by atoms with Crippen LogP contribution in [0.15, 0.2) is 59.4 Å². The molecule has 2 aromatic carbocycles. The number of likely N-dealkylation sites (tertiary alicyclic amines) is 1. The summed E-state index contributed by atoms with van der Waals surface area (Å²) in [5.41, 5.74) is 3.41. The third kappa shape index (κ3) is 5.49. The summed E-state index contributed by atoms with van der Waals surface area (Å²) in [5.74, 6) is 0.369. The molecule has 4 aromatic rings. The van der Waals surface area contributed by atoms with Gasteiger partial charge < -0.3 is 15.0 Å². The van der Waals surface area contributed by atoms with E-state index in [1.54, 1.807) is 24.3 Å². The fourth-order valence-electron chi connectivity index (χ4n) is 5.84. The van der Waals surface area contributed by atoms with Gasteiger partial charge in [-0.3, -0.25) is 19.4 Å². The maximum absolute atomic E-state index is 13.2. The summed E-state index contributed by atoms with van der Waals surface area (Å²) in [6.07, 6.45) is 3.98. The maximum Gasteiger partial charge on any atom is 0.322 e. The van der Waals surface area contributed by atoms with E-state index in [1.165, 1.54) is 0 Å². The molecule has 9 nitrogen and oxygen atoms in total. The molecule has 1 aliphatic heterocycles. The average molecular weight is 558 g/mol. The van der Waals surface area contributed by atoms with Crippen LogP contribution in [0.25, 0.3) is 10.9 Å². The first-order valence-electron chi connectivity index (χ1n) is 13.7. The summed E-state index contributed by atoms with van der Waals surface area (Å²) >= 11 is 1.03. The number of para-hydroxylation sites is 1. The molecule has 0 unspecified atom stereocenters. The highest BCUT2D eigenvalue weighted by atomic mass is 32.1. The highest BCUT2D eigenvalue weighted by Crippen LogP contribution is 2.33. The van der Waals surface area contributed by atoms with E-state index in [4.69, 9.17) is 4.74 Å². The number of aromatic amines is 1. The second-order valence-corrected chi connectivity index (χ2v) is 11.6. The third-order valence-electron chi connectivity index (χ3n) is 7.87. The van der Waals surface area contributed by atoms with E-state index in [-0.39, 0.29) is 34.6 Å². The minimum atomic E-state index is -0.337. The summed E-state index contributed by atoms with van der Waals surface area (Å²) in [4.78, 5) is 44.3. The van der Waals surface area contributed by atoms with Crippen molar-refractivity contribution in [3.63, 3.8) is 0 Å². The Morgan fingerprint density at radius 1 is 1.10 bits per heavy atom. The molecule has 2 N–H and O–H groups in total. The first-order chi connectivity index (χ1) is 19.4. The molecule has 10 heteroatoms. The van der Waals surface area contributed by atoms with E-state index in [2.05, 4.69) is 20.5 Å². The summed E-state index contributed by atoms with van der Waals surface area (Å²) < 4.78 is 6.05. The number of carbonyl (C=O) groups excluding carboxylic acids is 2. The number of H-pyrrole nitrogens is 1. The van der Waals surface area contributed by atoms with E-state index in [0.29, 0.717) is 36.0 Å². The van der Waals surface area contributed by atoms with Crippen LogP contribution in [0.1, 0.15) is 58.2 Å². The molecule has 40 heavy (non-hydrogen) atoms. The largest absolute Gasteiger partial charge is 0.489 e. The van der Waals surface area contributed by atoms with Crippen LogP contribution in [0.3, 0.4) is 0 Å². The lowest BCUT2D eigenvalue weighted by atomic mass is 10.0. The molecule has 0 radical (unpaired) electrons. The SMILES string of the molecule is Cc1cc(COc2ccc(C(=O)N[C@@H]3CN(C(=O)C4CCCC4)C[C@@H]3c3n[nH]c(=O)s3)cc2)c2ccccc2n1. The molecule has 1 saturated carbocycles. The van der Waals surface area contributed by atoms with Gasteiger partial charge in [0, 0.05) is 41.2 Å². The molecule has 2 aliphatic rings. The standard InChI is InChI=1S/C30H31N5O4S/c1-18-14-21(23-8-4-5-9-25(23)31-18)17-39-22-12-10-19(11-13-22)27(36)32-26-16-35(29(37)20-6-2-3-7-20)15-24(26)28-33-34-30(38)40-28/h4-5,8-14,20,24,26H,2-3,6-7,15-17H2,1H3,(H,32,36)(H,34,38)/t24-,26+/m0/s1. The van der Waals surface area contributed by atoms with Gasteiger partial charge in [0.15, 0.2) is 0 Å². The van der Waals surface area contributed by atoms with Gasteiger partial charge in [-0.05, 0) is 56.2 Å². The number of fused-ring (bicyclic) bond motifs is 1. The molecule has 206 valence electrons. The second kappa shape index (κ2) is 11.2. The first-order valence-corrected chi connectivity index (χ1v) is 14.5. The minimum Gasteiger partial charge on any atom is -0.489 e. The monoisotopic (exact) mass is 557 g/mol. The number of nitrogens with zero attached hydrogens (tertiary/aromatic N) is 3. The van der Waals surface area contributed by atoms with E-state index < -0.39 is 0 Å². The fourth-order valence-corrected chi connectivity index (χ4v) is 6.60. The Bertz CT molecular complexity index is 1590. The number of rotatable bonds is 7. The van der Waals surface area contributed by atoms with Crippen LogP contribution in [-0.4, -0.2) is 51.0 Å². The number of amides is 2. The topological polar surface area (TPSA) is 117 Å². The molecule has 0 spiro atoms. The Morgan fingerprint density at radius 2 is 1.88 bits per heavy atom. The van der Waals surface area contributed by atoms with Crippen LogP contribution in [0.2, 0.25) is 0 Å². The van der Waals surface area contributed by atoms with E-state index >= 15 is 0 Å². The van der Waals surface area contributed by atoms with E-state index in [0.717, 1.165) is 59.2 Å². The Kier molecular flexibility index (Phi) is 7.34. The van der Waals surface area contributed by atoms with Crippen molar-refractivity contribution in [2.75, 3.05) is 13.1 Å². The summed E-state index contributed by atoms with van der Waals surface area (Å²) in [5, 5.41) is 11.4. The normalized spacial score (nSPS) is 19.3. The Balaban J connectivity index is 1.13. The molecule has 2 amide bonds. The molecule has 1 saturated heterocycles. The van der Waals surface area contributed by atoms with Crippen molar-refractivity contribution in [3.05, 3.63) is 86.1 Å². The number of benzene rings is 2. The number of hydrogen-bond donors (Lipinski definition) is 2. The number of carbonyl (C=O) groups is 2. The smallest absolute Gasteiger partial charge is 0.322 e. The van der Waals surface area contributed by atoms with Gasteiger partial charge >= 0.3 is 4.87 Å². The number of nitrogens with one attached hydrogen (secondary N) is 2. The van der Waals surface area contributed by atoms with Crippen LogP contribution in [0.4, 0.5) is 0 Å². The van der Waals surface area contributed by atoms with E-state index in [1.807, 2.05) is 42.2 Å². The maximum atomic E-state index is 13.2. The number of hydrogen-bond acceptors (Lipinski definition) is 7. The van der Waals surface area contributed by atoms with Gasteiger partial charge in [0.05, 0.1) is 17.5 Å². The molecular weight excluding hydrogens is 526 g/mol. The molecular formula is C30H31N5O4S. The van der Waals surface area contributed by atoms with Crippen LogP contribution in [0, 0.1) is 12.8 Å². The van der Waals surface area contributed by atoms with Crippen molar-refractivity contribution >= 4 is 34.1 Å². The minimum absolute atomic E-state index is 0.0506. The average Bonchev–Trinajstić information content (AvgIpc) is 3.73. The Morgan fingerprint density at radius 3 is 2.62 bits per heavy atom. The van der Waals surface area contributed by atoms with Crippen molar-refractivity contribution in [1.82, 2.24) is 25.4 Å². The highest BCUT2D eigenvalue weighted by Gasteiger charge is 2.41. The van der Waals surface area contributed by atoms with Crippen molar-refractivity contribution in [2.24, 2.45) is 5.92 Å². The molecule has 0 bridgehead atoms. The van der Waals surface area contributed by atoms with Crippen LogP contribution < -0.4 is 14.9 Å². The predicted octanol–water partition coefficient (Wildman–Crippen LogP) is 4.18. The molecule has 2 atom stereocenters. The van der Waals surface area contributed by atoms with Crippen LogP contribution in [0.5, 0.6) is 5.75 Å². The lowest BCUT2D eigenvalue weighted by Gasteiger charge is -2.20. The van der Waals surface area contributed by atoms with Gasteiger partial charge in [0.1, 0.15) is 17.4 Å². The van der Waals surface area contributed by atoms with Gasteiger partial charge in [0.25, 0.3) is 5.91 Å². The fraction of sp³-hybridized carbons (Fsp3) is 0.367. The van der Waals surface area contributed by atoms with Gasteiger partial charge in [-0.1, -0.05) is 42.4 Å². The van der Waals surface area contributed by atoms with Gasteiger partial charge in [0.2, 0.25) is 5.91 Å². The first kappa shape index (κ1) is 26.2. The molecule has 6 rings (SSSR count). The van der Waals surface area contributed by atoms with Gasteiger partial charge in [-0.15, -0.1) is 0 Å². The highest BCUT2D eigenvalue weighted by molar-refractivity contribution is 7.08. The number of pyridine rings is 1.